The molecule has 0 radical (unpaired) electrons. The zero-order valence-corrected chi connectivity index (χ0v) is 12.8. The molecular formula is C16H32N2. The molecule has 1 saturated heterocycles. The zero-order chi connectivity index (χ0) is 13.1. The van der Waals surface area contributed by atoms with Crippen LogP contribution in [0.25, 0.3) is 0 Å². The van der Waals surface area contributed by atoms with Crippen molar-refractivity contribution in [2.45, 2.75) is 77.9 Å². The Kier molecular flexibility index (Phi) is 5.08. The molecule has 1 saturated carbocycles. The third kappa shape index (κ3) is 3.08. The summed E-state index contributed by atoms with van der Waals surface area (Å²) in [5, 5.41) is 3.77. The second-order valence-electron chi connectivity index (χ2n) is 6.83. The summed E-state index contributed by atoms with van der Waals surface area (Å²) in [4.78, 5) is 2.84. The van der Waals surface area contributed by atoms with Crippen LogP contribution in [0.1, 0.15) is 59.8 Å². The van der Waals surface area contributed by atoms with Gasteiger partial charge in [-0.1, -0.05) is 33.6 Å². The summed E-state index contributed by atoms with van der Waals surface area (Å²) >= 11 is 0. The molecule has 3 unspecified atom stereocenters. The van der Waals surface area contributed by atoms with Crippen molar-refractivity contribution in [1.82, 2.24) is 10.2 Å². The standard InChI is InChI=1S/C16H32N2/c1-5-7-15-11-18(13(4)14-8-6-9-14)16(10-17-15)12(2)3/h12-17H,5-11H2,1-4H3. The number of piperazine rings is 1. The molecule has 0 spiro atoms. The van der Waals surface area contributed by atoms with Crippen molar-refractivity contribution in [3.63, 3.8) is 0 Å². The largest absolute Gasteiger partial charge is 0.311 e. The molecular weight excluding hydrogens is 220 g/mol. The molecule has 1 aliphatic heterocycles. The van der Waals surface area contributed by atoms with Gasteiger partial charge in [-0.2, -0.15) is 0 Å². The van der Waals surface area contributed by atoms with Crippen LogP contribution >= 0.6 is 0 Å². The van der Waals surface area contributed by atoms with Gasteiger partial charge in [0, 0.05) is 31.2 Å². The molecule has 2 rings (SSSR count). The van der Waals surface area contributed by atoms with Gasteiger partial charge in [0.25, 0.3) is 0 Å². The van der Waals surface area contributed by atoms with Gasteiger partial charge in [0.05, 0.1) is 0 Å². The number of rotatable bonds is 5. The normalized spacial score (nSPS) is 32.5. The fourth-order valence-corrected chi connectivity index (χ4v) is 3.68. The highest BCUT2D eigenvalue weighted by Gasteiger charge is 2.36. The minimum atomic E-state index is 0.729. The van der Waals surface area contributed by atoms with E-state index in [1.54, 1.807) is 0 Å². The lowest BCUT2D eigenvalue weighted by molar-refractivity contribution is 0.0168. The minimum Gasteiger partial charge on any atom is -0.311 e. The van der Waals surface area contributed by atoms with Gasteiger partial charge in [0.2, 0.25) is 0 Å². The number of nitrogens with zero attached hydrogens (tertiary/aromatic N) is 1. The fraction of sp³-hybridized carbons (Fsp3) is 1.00. The van der Waals surface area contributed by atoms with E-state index in [4.69, 9.17) is 0 Å². The molecule has 0 bridgehead atoms. The molecule has 3 atom stereocenters. The Bertz CT molecular complexity index is 247. The maximum atomic E-state index is 3.77. The van der Waals surface area contributed by atoms with Gasteiger partial charge < -0.3 is 5.32 Å². The van der Waals surface area contributed by atoms with Gasteiger partial charge in [-0.05, 0) is 38.0 Å². The quantitative estimate of drug-likeness (QED) is 0.808. The van der Waals surface area contributed by atoms with E-state index in [-0.39, 0.29) is 0 Å². The van der Waals surface area contributed by atoms with Gasteiger partial charge in [-0.25, -0.2) is 0 Å². The van der Waals surface area contributed by atoms with E-state index in [0.29, 0.717) is 0 Å². The summed E-state index contributed by atoms with van der Waals surface area (Å²) in [6.45, 7) is 12.0. The number of hydrogen-bond acceptors (Lipinski definition) is 2. The molecule has 1 aliphatic carbocycles. The van der Waals surface area contributed by atoms with Crippen LogP contribution in [0.4, 0.5) is 0 Å². The maximum absolute atomic E-state index is 3.77. The predicted octanol–water partition coefficient (Wildman–Crippen LogP) is 3.27. The minimum absolute atomic E-state index is 0.729. The van der Waals surface area contributed by atoms with Gasteiger partial charge in [0.1, 0.15) is 0 Å². The van der Waals surface area contributed by atoms with Crippen molar-refractivity contribution in [2.24, 2.45) is 11.8 Å². The van der Waals surface area contributed by atoms with Crippen molar-refractivity contribution in [1.29, 1.82) is 0 Å². The summed E-state index contributed by atoms with van der Waals surface area (Å²) in [7, 11) is 0. The topological polar surface area (TPSA) is 15.3 Å². The van der Waals surface area contributed by atoms with Gasteiger partial charge in [-0.3, -0.25) is 4.90 Å². The maximum Gasteiger partial charge on any atom is 0.0247 e. The summed E-state index contributed by atoms with van der Waals surface area (Å²) in [5.74, 6) is 1.74. The number of nitrogens with one attached hydrogen (secondary N) is 1. The Labute approximate surface area is 114 Å². The Balaban J connectivity index is 1.99. The van der Waals surface area contributed by atoms with Crippen LogP contribution in [0.5, 0.6) is 0 Å². The Morgan fingerprint density at radius 2 is 1.94 bits per heavy atom. The van der Waals surface area contributed by atoms with Gasteiger partial charge in [-0.15, -0.1) is 0 Å². The molecule has 2 aliphatic rings. The first-order chi connectivity index (χ1) is 8.63. The third-order valence-electron chi connectivity index (χ3n) is 5.23. The molecule has 1 N–H and O–H groups in total. The lowest BCUT2D eigenvalue weighted by Crippen LogP contribution is -2.62. The Morgan fingerprint density at radius 3 is 2.44 bits per heavy atom. The highest BCUT2D eigenvalue weighted by molar-refractivity contribution is 4.93. The molecule has 0 aromatic rings. The SMILES string of the molecule is CCCC1CN(C(C)C2CCC2)C(C(C)C)CN1. The summed E-state index contributed by atoms with van der Waals surface area (Å²) in [5.41, 5.74) is 0. The molecule has 0 aromatic carbocycles. The molecule has 2 nitrogen and oxygen atoms in total. The smallest absolute Gasteiger partial charge is 0.0247 e. The van der Waals surface area contributed by atoms with E-state index in [2.05, 4.69) is 37.9 Å². The van der Waals surface area contributed by atoms with Crippen LogP contribution in [-0.2, 0) is 0 Å². The molecule has 2 fully saturated rings. The van der Waals surface area contributed by atoms with Crippen LogP contribution < -0.4 is 5.32 Å². The molecule has 106 valence electrons. The Hall–Kier alpha value is -0.0800. The summed E-state index contributed by atoms with van der Waals surface area (Å²) in [6.07, 6.45) is 7.03. The monoisotopic (exact) mass is 252 g/mol. The molecule has 2 heteroatoms. The van der Waals surface area contributed by atoms with Crippen LogP contribution in [0, 0.1) is 11.8 Å². The number of hydrogen-bond donors (Lipinski definition) is 1. The average Bonchev–Trinajstić information content (AvgIpc) is 2.26. The molecule has 0 amide bonds. The van der Waals surface area contributed by atoms with E-state index in [9.17, 15) is 0 Å². The predicted molar refractivity (Wildman–Crippen MR) is 78.8 cm³/mol. The highest BCUT2D eigenvalue weighted by atomic mass is 15.3. The summed E-state index contributed by atoms with van der Waals surface area (Å²) < 4.78 is 0. The van der Waals surface area contributed by atoms with Crippen LogP contribution in [0.2, 0.25) is 0 Å². The lowest BCUT2D eigenvalue weighted by Gasteiger charge is -2.49. The van der Waals surface area contributed by atoms with Crippen molar-refractivity contribution < 1.29 is 0 Å². The fourth-order valence-electron chi connectivity index (χ4n) is 3.68. The van der Waals surface area contributed by atoms with Crippen molar-refractivity contribution >= 4 is 0 Å². The van der Waals surface area contributed by atoms with Gasteiger partial charge >= 0.3 is 0 Å². The lowest BCUT2D eigenvalue weighted by atomic mass is 9.78. The first kappa shape index (κ1) is 14.3. The first-order valence-corrected chi connectivity index (χ1v) is 8.12. The van der Waals surface area contributed by atoms with Gasteiger partial charge in [0.15, 0.2) is 0 Å². The second-order valence-corrected chi connectivity index (χ2v) is 6.83. The van der Waals surface area contributed by atoms with E-state index in [0.717, 1.165) is 30.0 Å². The van der Waals surface area contributed by atoms with E-state index < -0.39 is 0 Å². The van der Waals surface area contributed by atoms with Crippen molar-refractivity contribution in [3.05, 3.63) is 0 Å². The summed E-state index contributed by atoms with van der Waals surface area (Å²) in [6, 6.07) is 2.27. The van der Waals surface area contributed by atoms with Crippen molar-refractivity contribution in [2.75, 3.05) is 13.1 Å². The van der Waals surface area contributed by atoms with E-state index >= 15 is 0 Å². The molecule has 18 heavy (non-hydrogen) atoms. The van der Waals surface area contributed by atoms with Crippen LogP contribution in [0.15, 0.2) is 0 Å². The third-order valence-corrected chi connectivity index (χ3v) is 5.23. The molecule has 0 aromatic heterocycles. The first-order valence-electron chi connectivity index (χ1n) is 8.12. The van der Waals surface area contributed by atoms with Crippen molar-refractivity contribution in [3.8, 4) is 0 Å². The second kappa shape index (κ2) is 6.38. The van der Waals surface area contributed by atoms with E-state index in [1.807, 2.05) is 0 Å². The molecule has 1 heterocycles. The van der Waals surface area contributed by atoms with Crippen LogP contribution in [0.3, 0.4) is 0 Å². The highest BCUT2D eigenvalue weighted by Crippen LogP contribution is 2.34. The van der Waals surface area contributed by atoms with Crippen LogP contribution in [-0.4, -0.2) is 36.1 Å². The average molecular weight is 252 g/mol. The Morgan fingerprint density at radius 1 is 1.22 bits per heavy atom. The van der Waals surface area contributed by atoms with E-state index in [1.165, 1.54) is 45.2 Å². The zero-order valence-electron chi connectivity index (χ0n) is 12.8.